The van der Waals surface area contributed by atoms with Crippen LogP contribution in [-0.4, -0.2) is 11.1 Å². The lowest BCUT2D eigenvalue weighted by atomic mass is 10.2. The van der Waals surface area contributed by atoms with Gasteiger partial charge in [0.05, 0.1) is 5.02 Å². The predicted octanol–water partition coefficient (Wildman–Crippen LogP) is 5.13. The summed E-state index contributed by atoms with van der Waals surface area (Å²) in [5.41, 5.74) is 0.548. The molecule has 0 amide bonds. The molecule has 0 heterocycles. The summed E-state index contributed by atoms with van der Waals surface area (Å²) in [4.78, 5) is 10.6. The van der Waals surface area contributed by atoms with Crippen molar-refractivity contribution in [1.82, 2.24) is 0 Å². The maximum Gasteiger partial charge on any atom is 0.328 e. The highest BCUT2D eigenvalue weighted by Gasteiger charge is 2.08. The third kappa shape index (κ3) is 4.31. The normalized spacial score (nSPS) is 10.8. The van der Waals surface area contributed by atoms with E-state index in [2.05, 4.69) is 15.9 Å². The molecule has 0 aliphatic rings. The summed E-state index contributed by atoms with van der Waals surface area (Å²) in [6.45, 7) is 0. The third-order valence-electron chi connectivity index (χ3n) is 2.49. The highest BCUT2D eigenvalue weighted by Crippen LogP contribution is 2.33. The monoisotopic (exact) mass is 370 g/mol. The SMILES string of the molecule is O=C(O)/C=C/c1cc(Br)ccc1Oc1ccc(F)cc1Cl. The van der Waals surface area contributed by atoms with Crippen LogP contribution in [0.5, 0.6) is 11.5 Å². The Balaban J connectivity index is 2.37. The lowest BCUT2D eigenvalue weighted by Gasteiger charge is -2.10. The van der Waals surface area contributed by atoms with E-state index in [1.165, 1.54) is 18.2 Å². The van der Waals surface area contributed by atoms with Crippen LogP contribution < -0.4 is 4.74 Å². The molecule has 2 aromatic carbocycles. The van der Waals surface area contributed by atoms with E-state index in [4.69, 9.17) is 21.4 Å². The van der Waals surface area contributed by atoms with E-state index in [0.29, 0.717) is 11.3 Å². The second-order valence-electron chi connectivity index (χ2n) is 4.03. The summed E-state index contributed by atoms with van der Waals surface area (Å²) < 4.78 is 19.4. The summed E-state index contributed by atoms with van der Waals surface area (Å²) in [6, 6.07) is 8.88. The fourth-order valence-electron chi connectivity index (χ4n) is 1.58. The van der Waals surface area contributed by atoms with Crippen LogP contribution in [-0.2, 0) is 4.79 Å². The van der Waals surface area contributed by atoms with Gasteiger partial charge in [-0.2, -0.15) is 0 Å². The third-order valence-corrected chi connectivity index (χ3v) is 3.28. The Labute approximate surface area is 133 Å². The molecule has 1 N–H and O–H groups in total. The van der Waals surface area contributed by atoms with Gasteiger partial charge in [-0.1, -0.05) is 27.5 Å². The van der Waals surface area contributed by atoms with Crippen LogP contribution in [0.3, 0.4) is 0 Å². The van der Waals surface area contributed by atoms with Gasteiger partial charge in [-0.15, -0.1) is 0 Å². The minimum Gasteiger partial charge on any atom is -0.478 e. The first-order chi connectivity index (χ1) is 9.95. The van der Waals surface area contributed by atoms with Gasteiger partial charge in [0.1, 0.15) is 17.3 Å². The number of hydrogen-bond acceptors (Lipinski definition) is 2. The molecule has 21 heavy (non-hydrogen) atoms. The van der Waals surface area contributed by atoms with Crippen molar-refractivity contribution in [3.8, 4) is 11.5 Å². The molecule has 108 valence electrons. The van der Waals surface area contributed by atoms with Gasteiger partial charge in [0.2, 0.25) is 0 Å². The van der Waals surface area contributed by atoms with E-state index in [1.54, 1.807) is 18.2 Å². The van der Waals surface area contributed by atoms with Gasteiger partial charge in [0.25, 0.3) is 0 Å². The van der Waals surface area contributed by atoms with Crippen molar-refractivity contribution in [2.45, 2.75) is 0 Å². The van der Waals surface area contributed by atoms with Gasteiger partial charge in [0.15, 0.2) is 0 Å². The van der Waals surface area contributed by atoms with Crippen molar-refractivity contribution in [1.29, 1.82) is 0 Å². The van der Waals surface area contributed by atoms with E-state index in [-0.39, 0.29) is 10.8 Å². The molecule has 2 aromatic rings. The van der Waals surface area contributed by atoms with Crippen LogP contribution in [0.25, 0.3) is 6.08 Å². The zero-order valence-corrected chi connectivity index (χ0v) is 12.9. The Hall–Kier alpha value is -1.85. The minimum absolute atomic E-state index is 0.131. The number of carboxylic acids is 1. The summed E-state index contributed by atoms with van der Waals surface area (Å²) in [5.74, 6) is -0.843. The van der Waals surface area contributed by atoms with Gasteiger partial charge in [-0.25, -0.2) is 9.18 Å². The van der Waals surface area contributed by atoms with E-state index in [1.807, 2.05) is 0 Å². The van der Waals surface area contributed by atoms with Gasteiger partial charge in [-0.05, 0) is 42.5 Å². The topological polar surface area (TPSA) is 46.5 Å². The first-order valence-electron chi connectivity index (χ1n) is 5.79. The fourth-order valence-corrected chi connectivity index (χ4v) is 2.16. The molecular formula is C15H9BrClFO3. The second kappa shape index (κ2) is 6.74. The number of carbonyl (C=O) groups is 1. The molecule has 0 aromatic heterocycles. The molecule has 0 aliphatic carbocycles. The number of aliphatic carboxylic acids is 1. The fraction of sp³-hybridized carbons (Fsp3) is 0. The zero-order valence-electron chi connectivity index (χ0n) is 10.5. The molecule has 0 radical (unpaired) electrons. The summed E-state index contributed by atoms with van der Waals surface area (Å²) in [7, 11) is 0. The molecule has 0 spiro atoms. The Morgan fingerprint density at radius 3 is 2.62 bits per heavy atom. The van der Waals surface area contributed by atoms with Gasteiger partial charge in [-0.3, -0.25) is 0 Å². The highest BCUT2D eigenvalue weighted by molar-refractivity contribution is 9.10. The largest absolute Gasteiger partial charge is 0.478 e. The van der Waals surface area contributed by atoms with Crippen LogP contribution in [0.4, 0.5) is 4.39 Å². The van der Waals surface area contributed by atoms with Crippen molar-refractivity contribution in [3.63, 3.8) is 0 Å². The first kappa shape index (κ1) is 15.5. The Kier molecular flexibility index (Phi) is 4.98. The van der Waals surface area contributed by atoms with Crippen LogP contribution in [0.1, 0.15) is 5.56 Å². The summed E-state index contributed by atoms with van der Waals surface area (Å²) in [6.07, 6.45) is 2.40. The van der Waals surface area contributed by atoms with E-state index in [0.717, 1.165) is 16.6 Å². The van der Waals surface area contributed by atoms with Crippen molar-refractivity contribution in [2.24, 2.45) is 0 Å². The lowest BCUT2D eigenvalue weighted by molar-refractivity contribution is -0.131. The summed E-state index contributed by atoms with van der Waals surface area (Å²) in [5, 5.41) is 8.83. The van der Waals surface area contributed by atoms with Crippen molar-refractivity contribution >= 4 is 39.6 Å². The van der Waals surface area contributed by atoms with E-state index < -0.39 is 11.8 Å². The number of carboxylic acid groups (broad SMARTS) is 1. The van der Waals surface area contributed by atoms with Crippen molar-refractivity contribution in [2.75, 3.05) is 0 Å². The Morgan fingerprint density at radius 1 is 1.24 bits per heavy atom. The van der Waals surface area contributed by atoms with Crippen LogP contribution in [0.15, 0.2) is 46.9 Å². The van der Waals surface area contributed by atoms with Gasteiger partial charge >= 0.3 is 5.97 Å². The van der Waals surface area contributed by atoms with Crippen LogP contribution in [0.2, 0.25) is 5.02 Å². The average molecular weight is 372 g/mol. The predicted molar refractivity (Wildman–Crippen MR) is 82.3 cm³/mol. The molecule has 0 unspecified atom stereocenters. The maximum absolute atomic E-state index is 13.0. The molecule has 2 rings (SSSR count). The number of halogens is 3. The second-order valence-corrected chi connectivity index (χ2v) is 5.35. The molecule has 0 bridgehead atoms. The molecule has 0 aliphatic heterocycles. The van der Waals surface area contributed by atoms with Gasteiger partial charge < -0.3 is 9.84 Å². The standard InChI is InChI=1S/C15H9BrClFO3/c16-10-2-4-13(9(7-10)1-6-15(19)20)21-14-5-3-11(18)8-12(14)17/h1-8H,(H,19,20)/b6-1+. The number of hydrogen-bond donors (Lipinski definition) is 1. The highest BCUT2D eigenvalue weighted by atomic mass is 79.9. The minimum atomic E-state index is -1.07. The molecule has 3 nitrogen and oxygen atoms in total. The Morgan fingerprint density at radius 2 is 1.95 bits per heavy atom. The van der Waals surface area contributed by atoms with Crippen LogP contribution >= 0.6 is 27.5 Å². The Bertz CT molecular complexity index is 716. The van der Waals surface area contributed by atoms with Gasteiger partial charge in [0, 0.05) is 16.1 Å². The molecule has 0 atom stereocenters. The smallest absolute Gasteiger partial charge is 0.328 e. The zero-order chi connectivity index (χ0) is 15.4. The number of ether oxygens (including phenoxy) is 1. The average Bonchev–Trinajstić information content (AvgIpc) is 2.41. The van der Waals surface area contributed by atoms with E-state index >= 15 is 0 Å². The quantitative estimate of drug-likeness (QED) is 0.758. The molecule has 0 saturated heterocycles. The maximum atomic E-state index is 13.0. The number of rotatable bonds is 4. The molecule has 6 heteroatoms. The van der Waals surface area contributed by atoms with Crippen molar-refractivity contribution < 1.29 is 19.0 Å². The van der Waals surface area contributed by atoms with Crippen LogP contribution in [0, 0.1) is 5.82 Å². The van der Waals surface area contributed by atoms with Crippen molar-refractivity contribution in [3.05, 3.63) is 63.4 Å². The first-order valence-corrected chi connectivity index (χ1v) is 6.96. The number of benzene rings is 2. The summed E-state index contributed by atoms with van der Waals surface area (Å²) >= 11 is 9.20. The molecule has 0 saturated carbocycles. The molecular weight excluding hydrogens is 363 g/mol. The van der Waals surface area contributed by atoms with E-state index in [9.17, 15) is 9.18 Å². The molecule has 0 fully saturated rings. The lowest BCUT2D eigenvalue weighted by Crippen LogP contribution is -1.91.